The molecule has 1 fully saturated rings. The molecule has 2 atom stereocenters. The molecule has 0 aromatic rings. The molecule has 1 saturated carbocycles. The maximum Gasteiger partial charge on any atom is 0.0949 e. The van der Waals surface area contributed by atoms with Gasteiger partial charge in [0.15, 0.2) is 0 Å². The van der Waals surface area contributed by atoms with Gasteiger partial charge in [-0.25, -0.2) is 0 Å². The minimum absolute atomic E-state index is 0.465. The van der Waals surface area contributed by atoms with Crippen molar-refractivity contribution in [3.8, 4) is 0 Å². The molecule has 2 aliphatic rings. The van der Waals surface area contributed by atoms with Crippen molar-refractivity contribution in [3.05, 3.63) is 0 Å². The van der Waals surface area contributed by atoms with Crippen LogP contribution in [0.2, 0.25) is 0 Å². The third kappa shape index (κ3) is 1.91. The number of fused-ring (bicyclic) bond motifs is 1. The van der Waals surface area contributed by atoms with Gasteiger partial charge in [0.1, 0.15) is 0 Å². The van der Waals surface area contributed by atoms with Crippen LogP contribution in [0.3, 0.4) is 0 Å². The van der Waals surface area contributed by atoms with E-state index in [1.165, 1.54) is 32.1 Å². The van der Waals surface area contributed by atoms with Crippen LogP contribution < -0.4 is 0 Å². The van der Waals surface area contributed by atoms with Crippen LogP contribution in [0.5, 0.6) is 0 Å². The van der Waals surface area contributed by atoms with Gasteiger partial charge in [-0.3, -0.25) is 5.01 Å². The Kier molecular flexibility index (Phi) is 2.50. The molecule has 0 spiro atoms. The smallest absolute Gasteiger partial charge is 0.0949 e. The number of nitrogens with zero attached hydrogens (tertiary/aromatic N) is 3. The molecule has 0 saturated heterocycles. The van der Waals surface area contributed by atoms with Crippen LogP contribution in [0.25, 0.3) is 0 Å². The second kappa shape index (κ2) is 3.52. The number of hydrogen-bond acceptors (Lipinski definition) is 3. The highest BCUT2D eigenvalue weighted by Crippen LogP contribution is 2.37. The van der Waals surface area contributed by atoms with Crippen molar-refractivity contribution in [2.75, 3.05) is 7.05 Å². The van der Waals surface area contributed by atoms with Crippen LogP contribution in [-0.4, -0.2) is 24.1 Å². The Morgan fingerprint density at radius 3 is 2.86 bits per heavy atom. The van der Waals surface area contributed by atoms with Crippen molar-refractivity contribution in [3.63, 3.8) is 0 Å². The highest BCUT2D eigenvalue weighted by atomic mass is 15.6. The minimum Gasteiger partial charge on any atom is -0.277 e. The van der Waals surface area contributed by atoms with Crippen LogP contribution in [0, 0.1) is 5.41 Å². The Balaban J connectivity index is 2.09. The fourth-order valence-electron chi connectivity index (χ4n) is 2.68. The van der Waals surface area contributed by atoms with E-state index in [9.17, 15) is 0 Å². The lowest BCUT2D eigenvalue weighted by atomic mass is 9.76. The molecule has 1 aliphatic carbocycles. The van der Waals surface area contributed by atoms with Gasteiger partial charge < -0.3 is 0 Å². The molecule has 1 heterocycles. The molecule has 0 N–H and O–H groups in total. The molecular weight excluding hydrogens is 174 g/mol. The second-order valence-electron chi connectivity index (χ2n) is 5.53. The normalized spacial score (nSPS) is 36.4. The van der Waals surface area contributed by atoms with Gasteiger partial charge in [0.25, 0.3) is 0 Å². The molecular formula is C11H21N3. The summed E-state index contributed by atoms with van der Waals surface area (Å²) in [6.45, 7) is 4.75. The summed E-state index contributed by atoms with van der Waals surface area (Å²) in [7, 11) is 2.06. The van der Waals surface area contributed by atoms with Crippen molar-refractivity contribution >= 4 is 0 Å². The van der Waals surface area contributed by atoms with Crippen molar-refractivity contribution in [2.45, 2.75) is 58.0 Å². The largest absolute Gasteiger partial charge is 0.277 e. The van der Waals surface area contributed by atoms with E-state index in [4.69, 9.17) is 0 Å². The van der Waals surface area contributed by atoms with E-state index in [0.717, 1.165) is 0 Å². The Hall–Kier alpha value is -0.600. The second-order valence-corrected chi connectivity index (χ2v) is 5.53. The molecule has 0 bridgehead atoms. The summed E-state index contributed by atoms with van der Waals surface area (Å²) in [5.41, 5.74) is 0.465. The van der Waals surface area contributed by atoms with E-state index in [1.54, 1.807) is 0 Å². The lowest BCUT2D eigenvalue weighted by Crippen LogP contribution is -2.37. The molecule has 1 aliphatic heterocycles. The molecule has 2 unspecified atom stereocenters. The first-order valence-electron chi connectivity index (χ1n) is 5.72. The van der Waals surface area contributed by atoms with Gasteiger partial charge >= 0.3 is 0 Å². The van der Waals surface area contributed by atoms with E-state index in [2.05, 4.69) is 36.2 Å². The molecule has 3 heteroatoms. The molecule has 3 nitrogen and oxygen atoms in total. The number of likely N-dealkylation sites (N-methyl/N-ethyl adjacent to an activating group) is 1. The van der Waals surface area contributed by atoms with Crippen LogP contribution in [-0.2, 0) is 0 Å². The van der Waals surface area contributed by atoms with E-state index in [-0.39, 0.29) is 0 Å². The first-order chi connectivity index (χ1) is 6.58. The van der Waals surface area contributed by atoms with Crippen LogP contribution >= 0.6 is 0 Å². The summed E-state index contributed by atoms with van der Waals surface area (Å²) in [6.07, 6.45) is 6.49. The zero-order valence-electron chi connectivity index (χ0n) is 9.53. The Morgan fingerprint density at radius 1 is 1.29 bits per heavy atom. The van der Waals surface area contributed by atoms with Crippen molar-refractivity contribution in [1.82, 2.24) is 5.01 Å². The van der Waals surface area contributed by atoms with Gasteiger partial charge in [-0.15, -0.1) is 0 Å². The average molecular weight is 195 g/mol. The summed E-state index contributed by atoms with van der Waals surface area (Å²) < 4.78 is 0. The topological polar surface area (TPSA) is 28.0 Å². The molecule has 0 radical (unpaired) electrons. The molecule has 0 amide bonds. The minimum atomic E-state index is 0.465. The highest BCUT2D eigenvalue weighted by molar-refractivity contribution is 4.90. The zero-order valence-corrected chi connectivity index (χ0v) is 9.53. The molecule has 2 rings (SSSR count). The predicted molar refractivity (Wildman–Crippen MR) is 57.1 cm³/mol. The fourth-order valence-corrected chi connectivity index (χ4v) is 2.68. The van der Waals surface area contributed by atoms with Gasteiger partial charge in [0.2, 0.25) is 0 Å². The average Bonchev–Trinajstić information content (AvgIpc) is 2.39. The van der Waals surface area contributed by atoms with Gasteiger partial charge in [-0.2, -0.15) is 5.11 Å². The van der Waals surface area contributed by atoms with Crippen molar-refractivity contribution in [2.24, 2.45) is 15.8 Å². The maximum atomic E-state index is 4.36. The van der Waals surface area contributed by atoms with Crippen molar-refractivity contribution < 1.29 is 0 Å². The van der Waals surface area contributed by atoms with Gasteiger partial charge in [-0.1, -0.05) is 31.9 Å². The summed E-state index contributed by atoms with van der Waals surface area (Å²) in [4.78, 5) is 0. The number of rotatable bonds is 0. The summed E-state index contributed by atoms with van der Waals surface area (Å²) in [5, 5.41) is 10.6. The zero-order chi connectivity index (χ0) is 10.2. The predicted octanol–water partition coefficient (Wildman–Crippen LogP) is 3.03. The number of hydrogen-bond donors (Lipinski definition) is 0. The Bertz CT molecular complexity index is 235. The monoisotopic (exact) mass is 195 g/mol. The fraction of sp³-hybridized carbons (Fsp3) is 1.00. The molecule has 80 valence electrons. The molecule has 0 aromatic carbocycles. The third-order valence-corrected chi connectivity index (χ3v) is 3.63. The third-order valence-electron chi connectivity index (χ3n) is 3.63. The molecule has 14 heavy (non-hydrogen) atoms. The Labute approximate surface area is 86.6 Å². The molecule has 0 aromatic heterocycles. The summed E-state index contributed by atoms with van der Waals surface area (Å²) >= 11 is 0. The van der Waals surface area contributed by atoms with Gasteiger partial charge in [0.05, 0.1) is 12.1 Å². The summed E-state index contributed by atoms with van der Waals surface area (Å²) in [5.74, 6) is 0. The van der Waals surface area contributed by atoms with E-state index in [0.29, 0.717) is 17.5 Å². The van der Waals surface area contributed by atoms with Crippen LogP contribution in [0.1, 0.15) is 46.0 Å². The first kappa shape index (κ1) is 9.94. The highest BCUT2D eigenvalue weighted by Gasteiger charge is 2.36. The SMILES string of the molecule is CN1N=NC2CCCCC(C)(C)CC21. The van der Waals surface area contributed by atoms with Gasteiger partial charge in [-0.05, 0) is 24.7 Å². The quantitative estimate of drug-likeness (QED) is 0.584. The standard InChI is InChI=1S/C11H21N3/c1-11(2)7-5-4-6-9-10(8-11)14(3)13-12-9/h9-10H,4-8H2,1-3H3. The van der Waals surface area contributed by atoms with Crippen LogP contribution in [0.15, 0.2) is 10.3 Å². The van der Waals surface area contributed by atoms with Gasteiger partial charge in [0, 0.05) is 7.05 Å². The summed E-state index contributed by atoms with van der Waals surface area (Å²) in [6, 6.07) is 1.03. The van der Waals surface area contributed by atoms with E-state index >= 15 is 0 Å². The Morgan fingerprint density at radius 2 is 2.07 bits per heavy atom. The van der Waals surface area contributed by atoms with Crippen molar-refractivity contribution in [1.29, 1.82) is 0 Å². The lowest BCUT2D eigenvalue weighted by molar-refractivity contribution is 0.156. The maximum absolute atomic E-state index is 4.36. The first-order valence-corrected chi connectivity index (χ1v) is 5.72. The van der Waals surface area contributed by atoms with E-state index in [1.807, 2.05) is 0 Å². The lowest BCUT2D eigenvalue weighted by Gasteiger charge is -2.34. The van der Waals surface area contributed by atoms with E-state index < -0.39 is 0 Å². The van der Waals surface area contributed by atoms with Crippen LogP contribution in [0.4, 0.5) is 0 Å².